The Kier molecular flexibility index (Phi) is 10.3. The lowest BCUT2D eigenvalue weighted by atomic mass is 9.86. The summed E-state index contributed by atoms with van der Waals surface area (Å²) < 4.78 is 0. The summed E-state index contributed by atoms with van der Waals surface area (Å²) in [5.74, 6) is 1.07. The number of rotatable bonds is 9. The van der Waals surface area contributed by atoms with Crippen LogP contribution in [0.5, 0.6) is 0 Å². The van der Waals surface area contributed by atoms with Gasteiger partial charge in [-0.1, -0.05) is 148 Å². The molecule has 0 N–H and O–H groups in total. The first kappa shape index (κ1) is 29.6. The fourth-order valence-corrected chi connectivity index (χ4v) is 4.22. The Bertz CT molecular complexity index is 1080. The van der Waals surface area contributed by atoms with Crippen LogP contribution in [0.15, 0.2) is 83.9 Å². The summed E-state index contributed by atoms with van der Waals surface area (Å²) >= 11 is 0. The highest BCUT2D eigenvalue weighted by Crippen LogP contribution is 2.29. The van der Waals surface area contributed by atoms with Crippen molar-refractivity contribution in [1.82, 2.24) is 0 Å². The van der Waals surface area contributed by atoms with Gasteiger partial charge in [-0.15, -0.1) is 0 Å². The van der Waals surface area contributed by atoms with Crippen molar-refractivity contribution in [2.45, 2.75) is 92.9 Å². The van der Waals surface area contributed by atoms with Crippen molar-refractivity contribution in [1.29, 1.82) is 0 Å². The van der Waals surface area contributed by atoms with Crippen LogP contribution in [0.3, 0.4) is 0 Å². The summed E-state index contributed by atoms with van der Waals surface area (Å²) in [6, 6.07) is 17.9. The van der Waals surface area contributed by atoms with Gasteiger partial charge in [-0.2, -0.15) is 0 Å². The predicted octanol–water partition coefficient (Wildman–Crippen LogP) is 10.3. The molecule has 0 aliphatic carbocycles. The molecule has 0 aliphatic heterocycles. The molecule has 194 valence electrons. The fourth-order valence-electron chi connectivity index (χ4n) is 4.22. The number of hydrogen-bond donors (Lipinski definition) is 0. The van der Waals surface area contributed by atoms with Gasteiger partial charge in [0.2, 0.25) is 0 Å². The third kappa shape index (κ3) is 8.19. The number of aliphatic imine (C=N–C) groups is 1. The van der Waals surface area contributed by atoms with Crippen LogP contribution in [0.2, 0.25) is 0 Å². The topological polar surface area (TPSA) is 12.4 Å². The molecule has 0 saturated heterocycles. The van der Waals surface area contributed by atoms with Gasteiger partial charge in [0.15, 0.2) is 0 Å². The number of nitrogens with zero attached hydrogens (tertiary/aromatic N) is 1. The zero-order valence-corrected chi connectivity index (χ0v) is 24.6. The van der Waals surface area contributed by atoms with Crippen molar-refractivity contribution in [3.05, 3.63) is 101 Å². The van der Waals surface area contributed by atoms with E-state index in [0.29, 0.717) is 11.8 Å². The molecule has 2 aromatic rings. The third-order valence-corrected chi connectivity index (χ3v) is 7.17. The highest BCUT2D eigenvalue weighted by molar-refractivity contribution is 6.03. The average Bonchev–Trinajstić information content (AvgIpc) is 2.82. The van der Waals surface area contributed by atoms with Gasteiger partial charge in [-0.25, -0.2) is 0 Å². The summed E-state index contributed by atoms with van der Waals surface area (Å²) in [6.07, 6.45) is 8.14. The van der Waals surface area contributed by atoms with E-state index in [0.717, 1.165) is 29.8 Å². The van der Waals surface area contributed by atoms with Gasteiger partial charge in [0, 0.05) is 5.71 Å². The molecule has 0 unspecified atom stereocenters. The van der Waals surface area contributed by atoms with Crippen molar-refractivity contribution < 1.29 is 0 Å². The minimum atomic E-state index is 0.127. The standard InChI is InChI=1S/C35H49N/c1-12-14-27(26(5)25(3)4)19-24-33(29-17-22-31(23-18-29)35(9,10)11)36-32(13-2)28-15-20-30(21-16-28)34(6,7)8/h12,14-18,20-26H,1,13,19H2,2-11H3/b27-14?,33-24-,36-32+/t26-/m1/s1. The molecular formula is C35H49N. The van der Waals surface area contributed by atoms with E-state index in [1.807, 2.05) is 6.08 Å². The molecule has 1 nitrogen and oxygen atoms in total. The van der Waals surface area contributed by atoms with Gasteiger partial charge in [0.25, 0.3) is 0 Å². The highest BCUT2D eigenvalue weighted by atomic mass is 14.8. The van der Waals surface area contributed by atoms with E-state index < -0.39 is 0 Å². The number of allylic oxidation sites excluding steroid dienone is 4. The molecule has 2 aromatic carbocycles. The Morgan fingerprint density at radius 3 is 1.67 bits per heavy atom. The summed E-state index contributed by atoms with van der Waals surface area (Å²) in [4.78, 5) is 5.28. The van der Waals surface area contributed by atoms with Gasteiger partial charge in [0.05, 0.1) is 5.70 Å². The lowest BCUT2D eigenvalue weighted by Gasteiger charge is -2.20. The van der Waals surface area contributed by atoms with E-state index in [1.165, 1.54) is 22.3 Å². The van der Waals surface area contributed by atoms with E-state index in [2.05, 4.69) is 136 Å². The second kappa shape index (κ2) is 12.5. The number of hydrogen-bond acceptors (Lipinski definition) is 1. The van der Waals surface area contributed by atoms with E-state index in [9.17, 15) is 0 Å². The first-order valence-electron chi connectivity index (χ1n) is 13.6. The van der Waals surface area contributed by atoms with Crippen molar-refractivity contribution in [3.8, 4) is 0 Å². The largest absolute Gasteiger partial charge is 0.253 e. The quantitative estimate of drug-likeness (QED) is 0.248. The van der Waals surface area contributed by atoms with Crippen LogP contribution in [0.1, 0.15) is 104 Å². The second-order valence-electron chi connectivity index (χ2n) is 12.4. The minimum absolute atomic E-state index is 0.127. The SMILES string of the molecule is C=CC=C(C/C=C(\N=C(/CC)c1ccc(C(C)(C)C)cc1)c1ccc(C(C)(C)C)cc1)[C@H](C)C(C)C. The van der Waals surface area contributed by atoms with Crippen LogP contribution in [0.4, 0.5) is 0 Å². The Hall–Kier alpha value is -2.67. The van der Waals surface area contributed by atoms with Crippen LogP contribution < -0.4 is 0 Å². The first-order chi connectivity index (χ1) is 16.8. The van der Waals surface area contributed by atoms with Gasteiger partial charge in [-0.3, -0.25) is 4.99 Å². The normalized spacial score (nSPS) is 14.8. The van der Waals surface area contributed by atoms with Gasteiger partial charge >= 0.3 is 0 Å². The monoisotopic (exact) mass is 483 g/mol. The first-order valence-corrected chi connectivity index (χ1v) is 13.6. The molecule has 1 atom stereocenters. The second-order valence-corrected chi connectivity index (χ2v) is 12.4. The highest BCUT2D eigenvalue weighted by Gasteiger charge is 2.16. The van der Waals surface area contributed by atoms with Crippen LogP contribution in [0.25, 0.3) is 5.70 Å². The third-order valence-electron chi connectivity index (χ3n) is 7.17. The van der Waals surface area contributed by atoms with Crippen LogP contribution in [-0.4, -0.2) is 5.71 Å². The van der Waals surface area contributed by atoms with Crippen LogP contribution >= 0.6 is 0 Å². The molecule has 0 aromatic heterocycles. The summed E-state index contributed by atoms with van der Waals surface area (Å²) in [6.45, 7) is 26.6. The van der Waals surface area contributed by atoms with Crippen molar-refractivity contribution in [2.75, 3.05) is 0 Å². The Morgan fingerprint density at radius 1 is 0.806 bits per heavy atom. The molecule has 0 radical (unpaired) electrons. The average molecular weight is 484 g/mol. The molecule has 0 amide bonds. The summed E-state index contributed by atoms with van der Waals surface area (Å²) in [5, 5.41) is 0. The van der Waals surface area contributed by atoms with Crippen LogP contribution in [-0.2, 0) is 10.8 Å². The molecular weight excluding hydrogens is 434 g/mol. The molecule has 0 spiro atoms. The fraction of sp³-hybridized carbons (Fsp3) is 0.457. The molecule has 0 heterocycles. The molecule has 36 heavy (non-hydrogen) atoms. The molecule has 1 heteroatoms. The van der Waals surface area contributed by atoms with Gasteiger partial charge in [0.1, 0.15) is 0 Å². The van der Waals surface area contributed by atoms with E-state index in [1.54, 1.807) is 0 Å². The van der Waals surface area contributed by atoms with E-state index >= 15 is 0 Å². The maximum atomic E-state index is 5.28. The number of benzene rings is 2. The zero-order valence-electron chi connectivity index (χ0n) is 24.6. The van der Waals surface area contributed by atoms with E-state index in [4.69, 9.17) is 4.99 Å². The van der Waals surface area contributed by atoms with Crippen molar-refractivity contribution >= 4 is 11.4 Å². The molecule has 0 fully saturated rings. The lowest BCUT2D eigenvalue weighted by molar-refractivity contribution is 0.474. The molecule has 0 aliphatic rings. The zero-order chi connectivity index (χ0) is 27.1. The van der Waals surface area contributed by atoms with Crippen molar-refractivity contribution in [2.24, 2.45) is 16.8 Å². The molecule has 2 rings (SSSR count). The Morgan fingerprint density at radius 2 is 1.28 bits per heavy atom. The van der Waals surface area contributed by atoms with Crippen LogP contribution in [0, 0.1) is 11.8 Å². The Balaban J connectivity index is 2.57. The summed E-state index contributed by atoms with van der Waals surface area (Å²) in [5.41, 5.74) is 8.86. The minimum Gasteiger partial charge on any atom is -0.253 e. The predicted molar refractivity (Wildman–Crippen MR) is 162 cm³/mol. The van der Waals surface area contributed by atoms with Gasteiger partial charge in [-0.05, 0) is 57.8 Å². The molecule has 0 bridgehead atoms. The maximum Gasteiger partial charge on any atom is 0.0668 e. The van der Waals surface area contributed by atoms with Gasteiger partial charge < -0.3 is 0 Å². The van der Waals surface area contributed by atoms with Crippen molar-refractivity contribution in [3.63, 3.8) is 0 Å². The smallest absolute Gasteiger partial charge is 0.0668 e. The van der Waals surface area contributed by atoms with E-state index in [-0.39, 0.29) is 10.8 Å². The Labute approximate surface area is 222 Å². The lowest BCUT2D eigenvalue weighted by Crippen LogP contribution is -2.11. The summed E-state index contributed by atoms with van der Waals surface area (Å²) in [7, 11) is 0. The molecule has 0 saturated carbocycles. The maximum absolute atomic E-state index is 5.28.